The summed E-state index contributed by atoms with van der Waals surface area (Å²) in [5.41, 5.74) is 0. The Morgan fingerprint density at radius 1 is 1.02 bits per heavy atom. The smallest absolute Gasteiger partial charge is 0.309 e. The van der Waals surface area contributed by atoms with E-state index in [2.05, 4.69) is 0 Å². The van der Waals surface area contributed by atoms with E-state index in [1.54, 1.807) is 6.08 Å². The summed E-state index contributed by atoms with van der Waals surface area (Å²) >= 11 is 0. The number of ether oxygens (including phenoxy) is 4. The van der Waals surface area contributed by atoms with E-state index in [-0.39, 0.29) is 36.2 Å². The fourth-order valence-electron chi connectivity index (χ4n) is 5.48. The van der Waals surface area contributed by atoms with Crippen LogP contribution >= 0.6 is 0 Å². The number of carbonyl (C=O) groups excluding carboxylic acids is 3. The quantitative estimate of drug-likeness (QED) is 0.106. The number of hydrogen-bond acceptors (Lipinski definition) is 7. The van der Waals surface area contributed by atoms with E-state index in [1.807, 2.05) is 27.7 Å². The highest BCUT2D eigenvalue weighted by Crippen LogP contribution is 2.42. The second kappa shape index (κ2) is 17.2. The molecule has 0 bridgehead atoms. The molecule has 2 fully saturated rings. The van der Waals surface area contributed by atoms with Gasteiger partial charge in [0, 0.05) is 44.6 Å². The molecule has 2 rings (SSSR count). The van der Waals surface area contributed by atoms with Gasteiger partial charge in [0.05, 0.1) is 12.2 Å². The number of rotatable bonds is 17. The Morgan fingerprint density at radius 2 is 1.75 bits per heavy atom. The van der Waals surface area contributed by atoms with Crippen molar-refractivity contribution in [3.63, 3.8) is 0 Å². The summed E-state index contributed by atoms with van der Waals surface area (Å²) in [4.78, 5) is 36.2. The van der Waals surface area contributed by atoms with Gasteiger partial charge in [-0.05, 0) is 64.4 Å². The Kier molecular flexibility index (Phi) is 14.7. The summed E-state index contributed by atoms with van der Waals surface area (Å²) in [6.45, 7) is 9.29. The topological polar surface area (TPSA) is 88.1 Å². The minimum Gasteiger partial charge on any atom is -0.463 e. The summed E-state index contributed by atoms with van der Waals surface area (Å²) < 4.78 is 52.0. The Balaban J connectivity index is 2.10. The lowest BCUT2D eigenvalue weighted by Crippen LogP contribution is -2.31. The highest BCUT2D eigenvalue weighted by Gasteiger charge is 2.46. The average molecular weight is 573 g/mol. The summed E-state index contributed by atoms with van der Waals surface area (Å²) in [7, 11) is 0. The van der Waals surface area contributed by atoms with Crippen molar-refractivity contribution >= 4 is 17.7 Å². The first-order valence-corrected chi connectivity index (χ1v) is 15.1. The van der Waals surface area contributed by atoms with Gasteiger partial charge in [0.1, 0.15) is 6.10 Å². The van der Waals surface area contributed by atoms with Crippen molar-refractivity contribution < 1.29 is 42.1 Å². The standard InChI is InChI=1S/C31H50F2O7/c1-21(2)17-18-31(32,33)28(35)16-15-25-24(12-8-6-7-9-13-29(36)38-22(3)4)26(39-23(5)34)20-27(25)40-30-14-10-11-19-37-30/h15-16,21-22,24-27,30H,6-14,17-20H2,1-5H3/b16-15+/t24-,25-,26+,27-,30?/m1/s1. The Morgan fingerprint density at radius 3 is 2.38 bits per heavy atom. The third kappa shape index (κ3) is 12.3. The number of allylic oxidation sites excluding steroid dienone is 1. The van der Waals surface area contributed by atoms with Gasteiger partial charge in [-0.1, -0.05) is 39.2 Å². The fraction of sp³-hybridized carbons (Fsp3) is 0.839. The largest absolute Gasteiger partial charge is 0.463 e. The van der Waals surface area contributed by atoms with Gasteiger partial charge in [-0.3, -0.25) is 14.4 Å². The molecule has 0 amide bonds. The zero-order valence-electron chi connectivity index (χ0n) is 25.0. The van der Waals surface area contributed by atoms with Gasteiger partial charge < -0.3 is 18.9 Å². The molecule has 9 heteroatoms. The minimum absolute atomic E-state index is 0.0699. The van der Waals surface area contributed by atoms with Crippen LogP contribution in [0.3, 0.4) is 0 Å². The molecular weight excluding hydrogens is 522 g/mol. The maximum atomic E-state index is 14.6. The van der Waals surface area contributed by atoms with E-state index in [9.17, 15) is 23.2 Å². The molecule has 7 nitrogen and oxygen atoms in total. The lowest BCUT2D eigenvalue weighted by Gasteiger charge is -2.29. The Labute approximate surface area is 238 Å². The average Bonchev–Trinajstić information content (AvgIpc) is 3.18. The molecule has 0 aromatic heterocycles. The number of hydrogen-bond donors (Lipinski definition) is 0. The van der Waals surface area contributed by atoms with Crippen LogP contribution < -0.4 is 0 Å². The molecule has 0 spiro atoms. The third-order valence-corrected chi connectivity index (χ3v) is 7.55. The van der Waals surface area contributed by atoms with E-state index in [1.165, 1.54) is 6.92 Å². The van der Waals surface area contributed by atoms with E-state index in [0.717, 1.165) is 51.0 Å². The first-order chi connectivity index (χ1) is 18.9. The van der Waals surface area contributed by atoms with Crippen molar-refractivity contribution in [3.05, 3.63) is 12.2 Å². The summed E-state index contributed by atoms with van der Waals surface area (Å²) in [5.74, 6) is -5.73. The molecule has 1 saturated heterocycles. The number of alkyl halides is 2. The van der Waals surface area contributed by atoms with E-state index >= 15 is 0 Å². The van der Waals surface area contributed by atoms with Gasteiger partial charge in [0.2, 0.25) is 5.78 Å². The molecule has 1 aliphatic heterocycles. The summed E-state index contributed by atoms with van der Waals surface area (Å²) in [5, 5.41) is 0. The van der Waals surface area contributed by atoms with Gasteiger partial charge in [-0.2, -0.15) is 8.78 Å². The molecule has 1 unspecified atom stereocenters. The highest BCUT2D eigenvalue weighted by molar-refractivity contribution is 5.95. The monoisotopic (exact) mass is 572 g/mol. The van der Waals surface area contributed by atoms with Crippen LogP contribution in [0, 0.1) is 17.8 Å². The molecule has 5 atom stereocenters. The molecule has 0 N–H and O–H groups in total. The number of halogens is 2. The second-order valence-corrected chi connectivity index (χ2v) is 11.9. The molecular formula is C31H50F2O7. The van der Waals surface area contributed by atoms with Crippen molar-refractivity contribution in [2.24, 2.45) is 17.8 Å². The molecule has 1 saturated carbocycles. The van der Waals surface area contributed by atoms with Crippen LogP contribution in [0.15, 0.2) is 12.2 Å². The molecule has 230 valence electrons. The second-order valence-electron chi connectivity index (χ2n) is 11.9. The van der Waals surface area contributed by atoms with Crippen molar-refractivity contribution in [1.82, 2.24) is 0 Å². The van der Waals surface area contributed by atoms with Crippen LogP contribution in [0.2, 0.25) is 0 Å². The molecule has 1 heterocycles. The van der Waals surface area contributed by atoms with Crippen LogP contribution in [-0.2, 0) is 33.3 Å². The van der Waals surface area contributed by atoms with Crippen LogP contribution in [0.25, 0.3) is 0 Å². The zero-order chi connectivity index (χ0) is 29.7. The lowest BCUT2D eigenvalue weighted by molar-refractivity contribution is -0.193. The van der Waals surface area contributed by atoms with Crippen molar-refractivity contribution in [2.75, 3.05) is 6.61 Å². The maximum absolute atomic E-state index is 14.6. The van der Waals surface area contributed by atoms with Crippen LogP contribution in [0.5, 0.6) is 0 Å². The van der Waals surface area contributed by atoms with E-state index in [4.69, 9.17) is 18.9 Å². The molecule has 1 aliphatic carbocycles. The van der Waals surface area contributed by atoms with E-state index in [0.29, 0.717) is 25.9 Å². The van der Waals surface area contributed by atoms with Gasteiger partial charge in [-0.25, -0.2) is 0 Å². The summed E-state index contributed by atoms with van der Waals surface area (Å²) in [6, 6.07) is 0. The van der Waals surface area contributed by atoms with Crippen molar-refractivity contribution in [1.29, 1.82) is 0 Å². The molecule has 0 aromatic carbocycles. The Bertz CT molecular complexity index is 821. The normalized spacial score (nSPS) is 25.6. The zero-order valence-corrected chi connectivity index (χ0v) is 25.0. The first kappa shape index (κ1) is 34.3. The van der Waals surface area contributed by atoms with Gasteiger partial charge in [0.15, 0.2) is 6.29 Å². The number of esters is 2. The van der Waals surface area contributed by atoms with Crippen LogP contribution in [-0.4, -0.2) is 54.9 Å². The lowest BCUT2D eigenvalue weighted by atomic mass is 9.87. The van der Waals surface area contributed by atoms with E-state index < -0.39 is 42.6 Å². The predicted octanol–water partition coefficient (Wildman–Crippen LogP) is 6.96. The highest BCUT2D eigenvalue weighted by atomic mass is 19.3. The third-order valence-electron chi connectivity index (χ3n) is 7.55. The van der Waals surface area contributed by atoms with Crippen LogP contribution in [0.1, 0.15) is 112 Å². The number of ketones is 1. The summed E-state index contributed by atoms with van der Waals surface area (Å²) in [6.07, 6.45) is 8.28. The molecule has 0 radical (unpaired) electrons. The Hall–Kier alpha value is -1.87. The van der Waals surface area contributed by atoms with Gasteiger partial charge in [-0.15, -0.1) is 0 Å². The minimum atomic E-state index is -3.43. The maximum Gasteiger partial charge on any atom is 0.309 e. The van der Waals surface area contributed by atoms with Gasteiger partial charge >= 0.3 is 17.9 Å². The van der Waals surface area contributed by atoms with Crippen molar-refractivity contribution in [2.45, 2.75) is 142 Å². The molecule has 40 heavy (non-hydrogen) atoms. The molecule has 0 aromatic rings. The number of unbranched alkanes of at least 4 members (excludes halogenated alkanes) is 3. The fourth-order valence-corrected chi connectivity index (χ4v) is 5.48. The van der Waals surface area contributed by atoms with Gasteiger partial charge in [0.25, 0.3) is 0 Å². The molecule has 2 aliphatic rings. The van der Waals surface area contributed by atoms with Crippen molar-refractivity contribution in [3.8, 4) is 0 Å². The predicted molar refractivity (Wildman–Crippen MR) is 148 cm³/mol. The van der Waals surface area contributed by atoms with Crippen LogP contribution in [0.4, 0.5) is 8.78 Å². The SMILES string of the molecule is CC(=O)O[C@H]1C[C@@H](OC2CCCCO2)[C@H](/C=C/C(=O)C(F)(F)CCC(C)C)[C@H]1CCCCCCC(=O)OC(C)C. The first-order valence-electron chi connectivity index (χ1n) is 15.1. The number of carbonyl (C=O) groups is 3.